The van der Waals surface area contributed by atoms with Crippen molar-refractivity contribution in [2.24, 2.45) is 0 Å². The van der Waals surface area contributed by atoms with Crippen LogP contribution in [0.25, 0.3) is 0 Å². The average molecular weight is 506 g/mol. The molecule has 0 saturated carbocycles. The quantitative estimate of drug-likeness (QED) is 0.375. The average Bonchev–Trinajstić information content (AvgIpc) is 3.47. The molecule has 1 saturated heterocycles. The van der Waals surface area contributed by atoms with Gasteiger partial charge >= 0.3 is 0 Å². The van der Waals surface area contributed by atoms with E-state index in [9.17, 15) is 0 Å². The number of benzene rings is 2. The highest BCUT2D eigenvalue weighted by atomic mass is 35.5. The fraction of sp³-hybridized carbons (Fsp3) is 0.417. The highest BCUT2D eigenvalue weighted by molar-refractivity contribution is 6.35. The lowest BCUT2D eigenvalue weighted by Gasteiger charge is -2.29. The Morgan fingerprint density at radius 1 is 1.18 bits per heavy atom. The van der Waals surface area contributed by atoms with Gasteiger partial charge < -0.3 is 24.8 Å². The second kappa shape index (κ2) is 11.4. The van der Waals surface area contributed by atoms with Crippen LogP contribution < -0.4 is 15.4 Å². The van der Waals surface area contributed by atoms with Gasteiger partial charge in [-0.05, 0) is 36.4 Å². The molecule has 0 radical (unpaired) electrons. The molecule has 3 aromatic rings. The van der Waals surface area contributed by atoms with Crippen LogP contribution in [-0.2, 0) is 21.8 Å². The van der Waals surface area contributed by atoms with Gasteiger partial charge in [0.2, 0.25) is 5.79 Å². The maximum Gasteiger partial charge on any atom is 0.217 e. The molecule has 1 aliphatic heterocycles. The summed E-state index contributed by atoms with van der Waals surface area (Å²) >= 11 is 12.6. The molecule has 4 rings (SSSR count). The van der Waals surface area contributed by atoms with E-state index in [0.29, 0.717) is 34.9 Å². The molecular formula is C24H29Cl2N5O3. The molecule has 2 heterocycles. The van der Waals surface area contributed by atoms with Crippen molar-refractivity contribution in [1.82, 2.24) is 20.1 Å². The molecule has 0 amide bonds. The Balaban J connectivity index is 1.36. The van der Waals surface area contributed by atoms with Gasteiger partial charge in [-0.2, -0.15) is 5.10 Å². The van der Waals surface area contributed by atoms with E-state index in [-0.39, 0.29) is 12.6 Å². The zero-order valence-electron chi connectivity index (χ0n) is 19.2. The van der Waals surface area contributed by atoms with Gasteiger partial charge in [-0.25, -0.2) is 9.67 Å². The zero-order valence-corrected chi connectivity index (χ0v) is 20.7. The van der Waals surface area contributed by atoms with Crippen molar-refractivity contribution in [3.63, 3.8) is 0 Å². The molecule has 1 aliphatic rings. The first-order chi connectivity index (χ1) is 16.4. The minimum absolute atomic E-state index is 0.289. The highest BCUT2D eigenvalue weighted by Crippen LogP contribution is 2.40. The van der Waals surface area contributed by atoms with Crippen molar-refractivity contribution in [3.05, 3.63) is 70.7 Å². The minimum atomic E-state index is -1.12. The number of ether oxygens (including phenoxy) is 3. The maximum absolute atomic E-state index is 6.50. The monoisotopic (exact) mass is 505 g/mol. The Kier molecular flexibility index (Phi) is 8.28. The lowest BCUT2D eigenvalue weighted by Crippen LogP contribution is -2.35. The van der Waals surface area contributed by atoms with Crippen LogP contribution in [0.4, 0.5) is 5.69 Å². The van der Waals surface area contributed by atoms with E-state index in [2.05, 4.69) is 34.6 Å². The number of hydrogen-bond acceptors (Lipinski definition) is 7. The maximum atomic E-state index is 6.50. The molecular weight excluding hydrogens is 477 g/mol. The van der Waals surface area contributed by atoms with Crippen molar-refractivity contribution >= 4 is 28.9 Å². The molecule has 34 heavy (non-hydrogen) atoms. The second-order valence-electron chi connectivity index (χ2n) is 8.39. The van der Waals surface area contributed by atoms with Gasteiger partial charge in [0.15, 0.2) is 0 Å². The van der Waals surface area contributed by atoms with E-state index in [0.717, 1.165) is 24.5 Å². The Hall–Kier alpha value is -2.36. The van der Waals surface area contributed by atoms with Gasteiger partial charge in [-0.3, -0.25) is 0 Å². The van der Waals surface area contributed by atoms with E-state index in [1.165, 1.54) is 6.33 Å². The lowest BCUT2D eigenvalue weighted by atomic mass is 10.1. The van der Waals surface area contributed by atoms with Crippen molar-refractivity contribution < 1.29 is 14.2 Å². The van der Waals surface area contributed by atoms with Crippen molar-refractivity contribution in [2.45, 2.75) is 38.3 Å². The zero-order chi connectivity index (χ0) is 24.0. The summed E-state index contributed by atoms with van der Waals surface area (Å²) in [6.45, 7) is 6.99. The summed E-state index contributed by atoms with van der Waals surface area (Å²) in [6.07, 6.45) is 2.78. The molecule has 182 valence electrons. The summed E-state index contributed by atoms with van der Waals surface area (Å²) in [4.78, 5) is 4.01. The SMILES string of the molecule is CC(C)NCCNc1ccc(OC[C@H]2CO[C@](Cn3cncn3)(c3ccc(Cl)cc3Cl)O2)cc1. The number of nitrogens with zero attached hydrogens (tertiary/aromatic N) is 3. The van der Waals surface area contributed by atoms with Gasteiger partial charge in [0.1, 0.15) is 37.7 Å². The topological polar surface area (TPSA) is 82.5 Å². The smallest absolute Gasteiger partial charge is 0.217 e. The standard InChI is InChI=1S/C24H29Cl2N5O3/c1-17(2)28-9-10-29-19-4-6-20(7-5-19)32-12-21-13-33-24(34-21,14-31-16-27-15-30-31)22-8-3-18(25)11-23(22)26/h3-8,11,15-17,21,28-29H,9-10,12-14H2,1-2H3/t21-,24-/m0/s1. The van der Waals surface area contributed by atoms with Crippen LogP contribution in [0.15, 0.2) is 55.1 Å². The Labute approximate surface area is 209 Å². The number of hydrogen-bond donors (Lipinski definition) is 2. The largest absolute Gasteiger partial charge is 0.491 e. The van der Waals surface area contributed by atoms with Gasteiger partial charge in [-0.15, -0.1) is 0 Å². The van der Waals surface area contributed by atoms with Crippen LogP contribution in [-0.4, -0.2) is 53.2 Å². The molecule has 2 atom stereocenters. The summed E-state index contributed by atoms with van der Waals surface area (Å²) in [5.74, 6) is -0.367. The predicted octanol–water partition coefficient (Wildman–Crippen LogP) is 4.34. The van der Waals surface area contributed by atoms with E-state index in [1.807, 2.05) is 30.3 Å². The first kappa shape index (κ1) is 24.8. The molecule has 2 N–H and O–H groups in total. The Bertz CT molecular complexity index is 1050. The minimum Gasteiger partial charge on any atom is -0.491 e. The molecule has 0 aliphatic carbocycles. The molecule has 0 spiro atoms. The van der Waals surface area contributed by atoms with Crippen molar-refractivity contribution in [2.75, 3.05) is 31.6 Å². The molecule has 0 unspecified atom stereocenters. The molecule has 8 nitrogen and oxygen atoms in total. The van der Waals surface area contributed by atoms with Crippen molar-refractivity contribution in [3.8, 4) is 5.75 Å². The number of rotatable bonds is 11. The summed E-state index contributed by atoms with van der Waals surface area (Å²) in [7, 11) is 0. The highest BCUT2D eigenvalue weighted by Gasteiger charge is 2.45. The van der Waals surface area contributed by atoms with Gasteiger partial charge in [0.05, 0.1) is 11.6 Å². The first-order valence-corrected chi connectivity index (χ1v) is 12.0. The van der Waals surface area contributed by atoms with Gasteiger partial charge in [0, 0.05) is 35.4 Å². The third kappa shape index (κ3) is 6.40. The van der Waals surface area contributed by atoms with Gasteiger partial charge in [0.25, 0.3) is 0 Å². The lowest BCUT2D eigenvalue weighted by molar-refractivity contribution is -0.190. The van der Waals surface area contributed by atoms with Crippen LogP contribution in [0.5, 0.6) is 5.75 Å². The number of anilines is 1. The number of aromatic nitrogens is 3. The molecule has 1 fully saturated rings. The molecule has 10 heteroatoms. The van der Waals surface area contributed by atoms with E-state index in [1.54, 1.807) is 23.1 Å². The summed E-state index contributed by atoms with van der Waals surface area (Å²) in [5, 5.41) is 12.0. The summed E-state index contributed by atoms with van der Waals surface area (Å²) < 4.78 is 20.2. The molecule has 0 bridgehead atoms. The van der Waals surface area contributed by atoms with Crippen molar-refractivity contribution in [1.29, 1.82) is 0 Å². The van der Waals surface area contributed by atoms with Crippen LogP contribution >= 0.6 is 23.2 Å². The number of nitrogens with one attached hydrogen (secondary N) is 2. The summed E-state index contributed by atoms with van der Waals surface area (Å²) in [6, 6.07) is 13.6. The Morgan fingerprint density at radius 3 is 2.71 bits per heavy atom. The van der Waals surface area contributed by atoms with Crippen LogP contribution in [0.3, 0.4) is 0 Å². The Morgan fingerprint density at radius 2 is 2.00 bits per heavy atom. The normalized spacial score (nSPS) is 20.1. The number of halogens is 2. The fourth-order valence-corrected chi connectivity index (χ4v) is 4.26. The predicted molar refractivity (Wildman–Crippen MR) is 133 cm³/mol. The molecule has 1 aromatic heterocycles. The third-order valence-electron chi connectivity index (χ3n) is 5.33. The fourth-order valence-electron chi connectivity index (χ4n) is 3.71. The second-order valence-corrected chi connectivity index (χ2v) is 9.24. The van der Waals surface area contributed by atoms with E-state index < -0.39 is 5.79 Å². The van der Waals surface area contributed by atoms with Crippen LogP contribution in [0.1, 0.15) is 19.4 Å². The van der Waals surface area contributed by atoms with E-state index in [4.69, 9.17) is 37.4 Å². The van der Waals surface area contributed by atoms with Crippen LogP contribution in [0, 0.1) is 0 Å². The molecule has 2 aromatic carbocycles. The van der Waals surface area contributed by atoms with Crippen LogP contribution in [0.2, 0.25) is 10.0 Å². The van der Waals surface area contributed by atoms with Gasteiger partial charge in [-0.1, -0.05) is 43.1 Å². The van der Waals surface area contributed by atoms with E-state index >= 15 is 0 Å². The third-order valence-corrected chi connectivity index (χ3v) is 5.88. The first-order valence-electron chi connectivity index (χ1n) is 11.2. The summed E-state index contributed by atoms with van der Waals surface area (Å²) in [5.41, 5.74) is 1.72.